The highest BCUT2D eigenvalue weighted by atomic mass is 31.2. The third-order valence-corrected chi connectivity index (χ3v) is 10.6. The number of carbonyl (C=O) groups excluding carboxylic acids is 3. The zero-order valence-electron chi connectivity index (χ0n) is 32.2. The Morgan fingerprint density at radius 1 is 0.911 bits per heavy atom. The summed E-state index contributed by atoms with van der Waals surface area (Å²) < 4.78 is 70.3. The van der Waals surface area contributed by atoms with Gasteiger partial charge >= 0.3 is 13.6 Å². The minimum absolute atomic E-state index is 0.126. The van der Waals surface area contributed by atoms with E-state index in [0.717, 1.165) is 6.07 Å². The molecule has 0 aliphatic heterocycles. The maximum atomic E-state index is 15.5. The molecule has 1 aliphatic rings. The van der Waals surface area contributed by atoms with Gasteiger partial charge in [-0.2, -0.15) is 0 Å². The first-order chi connectivity index (χ1) is 26.8. The molecule has 56 heavy (non-hydrogen) atoms. The zero-order chi connectivity index (χ0) is 40.9. The third kappa shape index (κ3) is 11.4. The number of methoxy groups -OCH3 is 1. The number of benzene rings is 3. The van der Waals surface area contributed by atoms with Crippen molar-refractivity contribution in [3.05, 3.63) is 96.1 Å². The fourth-order valence-corrected chi connectivity index (χ4v) is 7.35. The Kier molecular flexibility index (Phi) is 15.6. The summed E-state index contributed by atoms with van der Waals surface area (Å²) in [7, 11) is -2.07. The fraction of sp³-hybridized carbons (Fsp3) is 0.375. The number of halogens is 2. The quantitative estimate of drug-likeness (QED) is 0.0318. The van der Waals surface area contributed by atoms with Gasteiger partial charge in [0.05, 0.1) is 26.9 Å². The van der Waals surface area contributed by atoms with Gasteiger partial charge in [0.1, 0.15) is 23.3 Å². The van der Waals surface area contributed by atoms with Crippen molar-refractivity contribution in [1.82, 2.24) is 10.2 Å². The number of aryl methyl sites for hydroxylation is 1. The second-order valence-electron chi connectivity index (χ2n) is 12.7. The standard InChI is InChI=1S/C40H49F2N4O9P/c1-7-12-33(55-34-18-17-30(24-32(34)42)45-38(48)40(19-20-40)37(47)44-29-15-13-28(41)14-16-29)31-25-35(51-6)36(23-27(31)5)52-22-11-21-46(39(49)43-8-2)26-56(50,53-9-3)54-10-4/h7,12-18,23-25H,1,8-11,19-22,26H2,2-6H3,(H,43,49)(H,44,47)(H,45,48)/b33-12+. The van der Waals surface area contributed by atoms with Crippen molar-refractivity contribution in [2.75, 3.05) is 56.9 Å². The monoisotopic (exact) mass is 798 g/mol. The van der Waals surface area contributed by atoms with Crippen LogP contribution in [-0.2, 0) is 23.2 Å². The highest BCUT2D eigenvalue weighted by molar-refractivity contribution is 7.53. The van der Waals surface area contributed by atoms with Crippen molar-refractivity contribution in [3.63, 3.8) is 0 Å². The van der Waals surface area contributed by atoms with Crippen LogP contribution in [-0.4, -0.2) is 69.1 Å². The summed E-state index contributed by atoms with van der Waals surface area (Å²) in [6.45, 7) is 11.9. The van der Waals surface area contributed by atoms with Crippen molar-refractivity contribution < 1.29 is 51.0 Å². The average molecular weight is 799 g/mol. The molecular weight excluding hydrogens is 749 g/mol. The van der Waals surface area contributed by atoms with E-state index in [9.17, 15) is 23.3 Å². The van der Waals surface area contributed by atoms with Gasteiger partial charge in [-0.1, -0.05) is 12.7 Å². The molecule has 1 aliphatic carbocycles. The second kappa shape index (κ2) is 20.1. The molecule has 4 amide bonds. The van der Waals surface area contributed by atoms with Crippen molar-refractivity contribution in [3.8, 4) is 17.2 Å². The first kappa shape index (κ1) is 43.5. The molecule has 3 aromatic carbocycles. The molecule has 0 saturated heterocycles. The first-order valence-corrected chi connectivity index (χ1v) is 20.0. The summed E-state index contributed by atoms with van der Waals surface area (Å²) in [5, 5.41) is 7.99. The molecule has 13 nitrogen and oxygen atoms in total. The van der Waals surface area contributed by atoms with E-state index < -0.39 is 42.5 Å². The number of nitrogens with one attached hydrogen (secondary N) is 3. The smallest absolute Gasteiger partial charge is 0.349 e. The summed E-state index contributed by atoms with van der Waals surface area (Å²) in [6, 6.07) is 12.1. The summed E-state index contributed by atoms with van der Waals surface area (Å²) in [5.74, 6) is -1.47. The number of hydrogen-bond acceptors (Lipinski definition) is 9. The SMILES string of the molecule is C=C/C=C(/Oc1ccc(NC(=O)C2(C(=O)Nc3ccc(F)cc3)CC2)cc1F)c1cc(OC)c(OCCCN(CP(=O)(OCC)OCC)C(=O)NCC)cc1C. The lowest BCUT2D eigenvalue weighted by atomic mass is 10.0. The van der Waals surface area contributed by atoms with E-state index in [2.05, 4.69) is 22.5 Å². The maximum Gasteiger partial charge on any atom is 0.349 e. The number of urea groups is 1. The molecule has 1 saturated carbocycles. The molecule has 0 bridgehead atoms. The number of allylic oxidation sites excluding steroid dienone is 2. The predicted molar refractivity (Wildman–Crippen MR) is 210 cm³/mol. The second-order valence-corrected chi connectivity index (χ2v) is 14.7. The van der Waals surface area contributed by atoms with E-state index in [1.165, 1.54) is 54.5 Å². The van der Waals surface area contributed by atoms with E-state index >= 15 is 4.39 Å². The lowest BCUT2D eigenvalue weighted by molar-refractivity contribution is -0.131. The van der Waals surface area contributed by atoms with E-state index in [1.54, 1.807) is 39.0 Å². The molecule has 302 valence electrons. The number of anilines is 2. The van der Waals surface area contributed by atoms with E-state index in [0.29, 0.717) is 54.1 Å². The van der Waals surface area contributed by atoms with Gasteiger partial charge in [-0.3, -0.25) is 14.2 Å². The number of rotatable bonds is 21. The van der Waals surface area contributed by atoms with Crippen LogP contribution in [0.4, 0.5) is 25.0 Å². The lowest BCUT2D eigenvalue weighted by Gasteiger charge is -2.27. The molecule has 0 radical (unpaired) electrons. The average Bonchev–Trinajstić information content (AvgIpc) is 3.98. The van der Waals surface area contributed by atoms with Gasteiger partial charge in [0.2, 0.25) is 11.8 Å². The van der Waals surface area contributed by atoms with Crippen LogP contribution in [0.15, 0.2) is 73.3 Å². The van der Waals surface area contributed by atoms with Gasteiger partial charge in [0.15, 0.2) is 23.1 Å². The third-order valence-electron chi connectivity index (χ3n) is 8.62. The van der Waals surface area contributed by atoms with Crippen LogP contribution in [0, 0.1) is 24.0 Å². The lowest BCUT2D eigenvalue weighted by Crippen LogP contribution is -2.41. The molecule has 0 spiro atoms. The van der Waals surface area contributed by atoms with Crippen LogP contribution < -0.4 is 30.2 Å². The molecule has 1 fully saturated rings. The van der Waals surface area contributed by atoms with Gasteiger partial charge in [0, 0.05) is 36.1 Å². The van der Waals surface area contributed by atoms with Crippen LogP contribution >= 0.6 is 7.60 Å². The van der Waals surface area contributed by atoms with Crippen molar-refractivity contribution >= 4 is 42.6 Å². The summed E-state index contributed by atoms with van der Waals surface area (Å²) in [6.07, 6.45) is 3.83. The van der Waals surface area contributed by atoms with E-state index in [4.69, 9.17) is 23.3 Å². The Balaban J connectivity index is 1.42. The Morgan fingerprint density at radius 2 is 1.55 bits per heavy atom. The topological polar surface area (TPSA) is 154 Å². The summed E-state index contributed by atoms with van der Waals surface area (Å²) in [5.41, 5.74) is 0.409. The van der Waals surface area contributed by atoms with Crippen LogP contribution in [0.3, 0.4) is 0 Å². The molecule has 3 N–H and O–H groups in total. The Labute approximate surface area is 325 Å². The molecule has 0 aromatic heterocycles. The highest BCUT2D eigenvalue weighted by Gasteiger charge is 2.56. The largest absolute Gasteiger partial charge is 0.493 e. The zero-order valence-corrected chi connectivity index (χ0v) is 33.1. The first-order valence-electron chi connectivity index (χ1n) is 18.2. The molecule has 4 rings (SSSR count). The molecule has 3 aromatic rings. The van der Waals surface area contributed by atoms with Gasteiger partial charge in [-0.05, 0) is 107 Å². The van der Waals surface area contributed by atoms with Gasteiger partial charge in [-0.15, -0.1) is 0 Å². The predicted octanol–water partition coefficient (Wildman–Crippen LogP) is 8.27. The van der Waals surface area contributed by atoms with Crippen LogP contribution in [0.2, 0.25) is 0 Å². The van der Waals surface area contributed by atoms with Crippen molar-refractivity contribution in [2.45, 2.75) is 47.0 Å². The normalized spacial score (nSPS) is 13.3. The van der Waals surface area contributed by atoms with Gasteiger partial charge < -0.3 is 44.1 Å². The Hall–Kier alpha value is -5.24. The van der Waals surface area contributed by atoms with Crippen molar-refractivity contribution in [1.29, 1.82) is 0 Å². The van der Waals surface area contributed by atoms with Gasteiger partial charge in [0.25, 0.3) is 0 Å². The molecule has 0 unspecified atom stereocenters. The highest BCUT2D eigenvalue weighted by Crippen LogP contribution is 2.49. The van der Waals surface area contributed by atoms with Crippen LogP contribution in [0.1, 0.15) is 51.2 Å². The van der Waals surface area contributed by atoms with Gasteiger partial charge in [-0.25, -0.2) is 13.6 Å². The maximum absolute atomic E-state index is 15.5. The number of carbonyl (C=O) groups is 3. The van der Waals surface area contributed by atoms with Crippen LogP contribution in [0.25, 0.3) is 5.76 Å². The minimum atomic E-state index is -3.54. The van der Waals surface area contributed by atoms with E-state index in [-0.39, 0.29) is 49.8 Å². The molecule has 0 heterocycles. The Bertz CT molecular complexity index is 1940. The minimum Gasteiger partial charge on any atom is -0.493 e. The summed E-state index contributed by atoms with van der Waals surface area (Å²) >= 11 is 0. The molecule has 0 atom stereocenters. The molecular formula is C40H49F2N4O9P. The number of nitrogens with zero attached hydrogens (tertiary/aromatic N) is 1. The number of amides is 4. The number of ether oxygens (including phenoxy) is 3. The Morgan fingerprint density at radius 3 is 2.12 bits per heavy atom. The molecule has 16 heteroatoms. The van der Waals surface area contributed by atoms with E-state index in [1.807, 2.05) is 6.92 Å². The van der Waals surface area contributed by atoms with Crippen molar-refractivity contribution in [2.24, 2.45) is 5.41 Å². The van der Waals surface area contributed by atoms with Crippen LogP contribution in [0.5, 0.6) is 17.2 Å². The number of hydrogen-bond donors (Lipinski definition) is 3. The fourth-order valence-electron chi connectivity index (χ4n) is 5.64. The summed E-state index contributed by atoms with van der Waals surface area (Å²) in [4.78, 5) is 40.2.